The Morgan fingerprint density at radius 3 is 2.55 bits per heavy atom. The van der Waals surface area contributed by atoms with Crippen LogP contribution in [0.4, 0.5) is 11.4 Å². The molecular formula is C15H20N4O. The summed E-state index contributed by atoms with van der Waals surface area (Å²) in [7, 11) is 5.61. The van der Waals surface area contributed by atoms with Crippen LogP contribution in [0.15, 0.2) is 36.7 Å². The number of nitrogens with zero attached hydrogens (tertiary/aromatic N) is 3. The lowest BCUT2D eigenvalue weighted by Crippen LogP contribution is -2.16. The second kappa shape index (κ2) is 6.23. The van der Waals surface area contributed by atoms with Crippen LogP contribution in [0.3, 0.4) is 0 Å². The largest absolute Gasteiger partial charge is 0.479 e. The van der Waals surface area contributed by atoms with Gasteiger partial charge in [0.25, 0.3) is 0 Å². The van der Waals surface area contributed by atoms with E-state index in [1.54, 1.807) is 19.5 Å². The van der Waals surface area contributed by atoms with Crippen molar-refractivity contribution in [1.29, 1.82) is 0 Å². The maximum atomic E-state index is 5.35. The molecule has 5 heteroatoms. The molecule has 1 unspecified atom stereocenters. The quantitative estimate of drug-likeness (QED) is 0.907. The summed E-state index contributed by atoms with van der Waals surface area (Å²) >= 11 is 0. The van der Waals surface area contributed by atoms with E-state index in [0.717, 1.165) is 17.1 Å². The first-order chi connectivity index (χ1) is 9.63. The second-order valence-electron chi connectivity index (χ2n) is 4.73. The number of anilines is 2. The molecule has 5 nitrogen and oxygen atoms in total. The van der Waals surface area contributed by atoms with Crippen LogP contribution in [0.5, 0.6) is 5.88 Å². The van der Waals surface area contributed by atoms with E-state index in [1.165, 1.54) is 0 Å². The van der Waals surface area contributed by atoms with Gasteiger partial charge in [-0.1, -0.05) is 6.07 Å². The third-order valence-electron chi connectivity index (χ3n) is 3.06. The third-order valence-corrected chi connectivity index (χ3v) is 3.06. The lowest BCUT2D eigenvalue weighted by molar-refractivity contribution is 0.399. The Hall–Kier alpha value is -2.30. The number of hydrogen-bond acceptors (Lipinski definition) is 5. The van der Waals surface area contributed by atoms with E-state index in [1.807, 2.05) is 43.3 Å². The predicted molar refractivity (Wildman–Crippen MR) is 81.4 cm³/mol. The van der Waals surface area contributed by atoms with Crippen LogP contribution >= 0.6 is 0 Å². The highest BCUT2D eigenvalue weighted by Gasteiger charge is 2.15. The number of aromatic nitrogens is 2. The van der Waals surface area contributed by atoms with Crippen LogP contribution in [0.2, 0.25) is 0 Å². The molecule has 0 saturated carbocycles. The summed E-state index contributed by atoms with van der Waals surface area (Å²) in [6, 6.07) is 7.90. The molecule has 1 N–H and O–H groups in total. The summed E-state index contributed by atoms with van der Waals surface area (Å²) in [5.41, 5.74) is 2.88. The summed E-state index contributed by atoms with van der Waals surface area (Å²) in [4.78, 5) is 10.6. The second-order valence-corrected chi connectivity index (χ2v) is 4.73. The molecule has 0 saturated heterocycles. The van der Waals surface area contributed by atoms with E-state index in [4.69, 9.17) is 4.74 Å². The smallest absolute Gasteiger partial charge is 0.239 e. The van der Waals surface area contributed by atoms with Crippen molar-refractivity contribution in [2.24, 2.45) is 0 Å². The molecular weight excluding hydrogens is 252 g/mol. The van der Waals surface area contributed by atoms with Crippen LogP contribution < -0.4 is 15.0 Å². The van der Waals surface area contributed by atoms with Gasteiger partial charge in [-0.3, -0.25) is 4.98 Å². The Morgan fingerprint density at radius 2 is 1.95 bits per heavy atom. The van der Waals surface area contributed by atoms with Crippen molar-refractivity contribution in [3.8, 4) is 5.88 Å². The normalized spacial score (nSPS) is 11.8. The summed E-state index contributed by atoms with van der Waals surface area (Å²) in [6.07, 6.45) is 3.53. The molecule has 2 heterocycles. The molecule has 0 aliphatic heterocycles. The van der Waals surface area contributed by atoms with Crippen molar-refractivity contribution in [3.63, 3.8) is 0 Å². The Labute approximate surface area is 119 Å². The molecule has 106 valence electrons. The SMILES string of the molecule is COc1nccc(N(C)C)c1NC(C)c1ccccn1. The first-order valence-electron chi connectivity index (χ1n) is 6.51. The van der Waals surface area contributed by atoms with E-state index in [0.29, 0.717) is 5.88 Å². The predicted octanol–water partition coefficient (Wildman–Crippen LogP) is 2.72. The zero-order chi connectivity index (χ0) is 14.5. The summed E-state index contributed by atoms with van der Waals surface area (Å²) in [5, 5.41) is 3.44. The molecule has 0 aromatic carbocycles. The van der Waals surface area contributed by atoms with Crippen LogP contribution in [0.25, 0.3) is 0 Å². The van der Waals surface area contributed by atoms with Crippen molar-refractivity contribution in [3.05, 3.63) is 42.4 Å². The number of rotatable bonds is 5. The number of pyridine rings is 2. The van der Waals surface area contributed by atoms with Gasteiger partial charge in [0.2, 0.25) is 5.88 Å². The average Bonchev–Trinajstić information content (AvgIpc) is 2.48. The molecule has 0 aliphatic carbocycles. The van der Waals surface area contributed by atoms with Gasteiger partial charge in [0, 0.05) is 26.5 Å². The Kier molecular flexibility index (Phi) is 4.40. The van der Waals surface area contributed by atoms with Crippen molar-refractivity contribution in [2.45, 2.75) is 13.0 Å². The molecule has 0 aliphatic rings. The Balaban J connectivity index is 2.32. The molecule has 0 spiro atoms. The van der Waals surface area contributed by atoms with E-state index in [9.17, 15) is 0 Å². The van der Waals surface area contributed by atoms with E-state index >= 15 is 0 Å². The van der Waals surface area contributed by atoms with Crippen LogP contribution in [-0.2, 0) is 0 Å². The van der Waals surface area contributed by atoms with E-state index < -0.39 is 0 Å². The van der Waals surface area contributed by atoms with Crippen LogP contribution in [0.1, 0.15) is 18.7 Å². The standard InChI is InChI=1S/C15H20N4O/c1-11(12-7-5-6-9-16-12)18-14-13(19(2)3)8-10-17-15(14)20-4/h5-11,18H,1-4H3. The minimum Gasteiger partial charge on any atom is -0.479 e. The molecule has 0 amide bonds. The van der Waals surface area contributed by atoms with Crippen LogP contribution in [0, 0.1) is 0 Å². The van der Waals surface area contributed by atoms with Gasteiger partial charge in [0.05, 0.1) is 24.5 Å². The van der Waals surface area contributed by atoms with E-state index in [-0.39, 0.29) is 6.04 Å². The van der Waals surface area contributed by atoms with E-state index in [2.05, 4.69) is 22.2 Å². The average molecular weight is 272 g/mol. The number of nitrogens with one attached hydrogen (secondary N) is 1. The fourth-order valence-corrected chi connectivity index (χ4v) is 2.02. The van der Waals surface area contributed by atoms with Crippen molar-refractivity contribution in [2.75, 3.05) is 31.4 Å². The van der Waals surface area contributed by atoms with Gasteiger partial charge in [-0.15, -0.1) is 0 Å². The molecule has 0 radical (unpaired) electrons. The monoisotopic (exact) mass is 272 g/mol. The molecule has 1 atom stereocenters. The van der Waals surface area contributed by atoms with Gasteiger partial charge >= 0.3 is 0 Å². The number of hydrogen-bond donors (Lipinski definition) is 1. The highest BCUT2D eigenvalue weighted by atomic mass is 16.5. The highest BCUT2D eigenvalue weighted by molar-refractivity contribution is 5.74. The third kappa shape index (κ3) is 2.99. The van der Waals surface area contributed by atoms with Crippen molar-refractivity contribution >= 4 is 11.4 Å². The Morgan fingerprint density at radius 1 is 1.15 bits per heavy atom. The molecule has 2 rings (SSSR count). The van der Waals surface area contributed by atoms with Gasteiger partial charge in [0.15, 0.2) is 0 Å². The van der Waals surface area contributed by atoms with Gasteiger partial charge in [-0.05, 0) is 25.1 Å². The lowest BCUT2D eigenvalue weighted by Gasteiger charge is -2.22. The number of methoxy groups -OCH3 is 1. The molecule has 0 fully saturated rings. The zero-order valence-electron chi connectivity index (χ0n) is 12.3. The van der Waals surface area contributed by atoms with Crippen LogP contribution in [-0.4, -0.2) is 31.2 Å². The Bertz CT molecular complexity index is 557. The topological polar surface area (TPSA) is 50.3 Å². The maximum Gasteiger partial charge on any atom is 0.239 e. The zero-order valence-corrected chi connectivity index (χ0v) is 12.3. The van der Waals surface area contributed by atoms with Crippen molar-refractivity contribution in [1.82, 2.24) is 9.97 Å². The minimum atomic E-state index is 0.0630. The molecule has 0 bridgehead atoms. The summed E-state index contributed by atoms with van der Waals surface area (Å²) in [6.45, 7) is 2.06. The maximum absolute atomic E-state index is 5.35. The van der Waals surface area contributed by atoms with Gasteiger partial charge < -0.3 is 15.0 Å². The first kappa shape index (κ1) is 14.1. The summed E-state index contributed by atoms with van der Waals surface area (Å²) < 4.78 is 5.35. The fourth-order valence-electron chi connectivity index (χ4n) is 2.02. The van der Waals surface area contributed by atoms with Gasteiger partial charge in [0.1, 0.15) is 5.69 Å². The molecule has 2 aromatic heterocycles. The minimum absolute atomic E-state index is 0.0630. The highest BCUT2D eigenvalue weighted by Crippen LogP contribution is 2.34. The summed E-state index contributed by atoms with van der Waals surface area (Å²) in [5.74, 6) is 0.582. The van der Waals surface area contributed by atoms with Gasteiger partial charge in [-0.2, -0.15) is 0 Å². The van der Waals surface area contributed by atoms with Gasteiger partial charge in [-0.25, -0.2) is 4.98 Å². The fraction of sp³-hybridized carbons (Fsp3) is 0.333. The lowest BCUT2D eigenvalue weighted by atomic mass is 10.2. The van der Waals surface area contributed by atoms with Crippen molar-refractivity contribution < 1.29 is 4.74 Å². The first-order valence-corrected chi connectivity index (χ1v) is 6.51. The molecule has 2 aromatic rings. The number of ether oxygens (including phenoxy) is 1. The molecule has 20 heavy (non-hydrogen) atoms.